The van der Waals surface area contributed by atoms with Gasteiger partial charge in [0.2, 0.25) is 0 Å². The highest BCUT2D eigenvalue weighted by Crippen LogP contribution is 2.19. The molecule has 0 bridgehead atoms. The smallest absolute Gasteiger partial charge is 0.322 e. The molecule has 0 unspecified atom stereocenters. The predicted octanol–water partition coefficient (Wildman–Crippen LogP) is 2.95. The number of benzene rings is 2. The second-order valence-electron chi connectivity index (χ2n) is 5.98. The van der Waals surface area contributed by atoms with Gasteiger partial charge < -0.3 is 4.42 Å². The van der Waals surface area contributed by atoms with Gasteiger partial charge in [0.1, 0.15) is 5.69 Å². The lowest BCUT2D eigenvalue weighted by molar-refractivity contribution is 0.101. The van der Waals surface area contributed by atoms with Crippen molar-refractivity contribution in [3.63, 3.8) is 0 Å². The minimum absolute atomic E-state index is 0.0226. The minimum atomic E-state index is -0.418. The molecule has 2 aromatic carbocycles. The van der Waals surface area contributed by atoms with Gasteiger partial charge in [-0.1, -0.05) is 47.6 Å². The van der Waals surface area contributed by atoms with Gasteiger partial charge in [0.15, 0.2) is 5.78 Å². The molecule has 2 aromatic heterocycles. The Labute approximate surface area is 159 Å². The Kier molecular flexibility index (Phi) is 4.51. The van der Waals surface area contributed by atoms with Crippen molar-refractivity contribution in [1.29, 1.82) is 0 Å². The van der Waals surface area contributed by atoms with Crippen LogP contribution in [0.15, 0.2) is 71.3 Å². The zero-order valence-corrected chi connectivity index (χ0v) is 14.9. The van der Waals surface area contributed by atoms with Gasteiger partial charge in [-0.25, -0.2) is 0 Å². The molecule has 0 atom stereocenters. The van der Waals surface area contributed by atoms with Crippen LogP contribution in [0.2, 0.25) is 0 Å². The quantitative estimate of drug-likeness (QED) is 0.540. The third-order valence-electron chi connectivity index (χ3n) is 4.13. The lowest BCUT2D eigenvalue weighted by Crippen LogP contribution is -2.12. The molecule has 0 spiro atoms. The Morgan fingerprint density at radius 1 is 0.893 bits per heavy atom. The van der Waals surface area contributed by atoms with E-state index in [-0.39, 0.29) is 17.7 Å². The van der Waals surface area contributed by atoms with Crippen LogP contribution in [0.4, 0.5) is 6.01 Å². The Morgan fingerprint density at radius 3 is 2.25 bits per heavy atom. The summed E-state index contributed by atoms with van der Waals surface area (Å²) in [5.41, 5.74) is 2.09. The summed E-state index contributed by atoms with van der Waals surface area (Å²) in [6.45, 7) is 0. The van der Waals surface area contributed by atoms with Crippen molar-refractivity contribution in [3.05, 3.63) is 83.6 Å². The summed E-state index contributed by atoms with van der Waals surface area (Å²) >= 11 is 0. The van der Waals surface area contributed by atoms with Crippen LogP contribution in [-0.4, -0.2) is 31.7 Å². The Balaban J connectivity index is 1.46. The van der Waals surface area contributed by atoms with Gasteiger partial charge in [-0.3, -0.25) is 19.6 Å². The third kappa shape index (κ3) is 3.43. The van der Waals surface area contributed by atoms with Gasteiger partial charge in [-0.2, -0.15) is 5.10 Å². The maximum atomic E-state index is 12.4. The number of ketones is 1. The fourth-order valence-electron chi connectivity index (χ4n) is 2.66. The number of amides is 1. The maximum Gasteiger partial charge on any atom is 0.322 e. The second kappa shape index (κ2) is 7.28. The summed E-state index contributed by atoms with van der Waals surface area (Å²) in [7, 11) is 1.75. The number of carbonyl (C=O) groups excluding carboxylic acids is 2. The van der Waals surface area contributed by atoms with Crippen molar-refractivity contribution >= 4 is 17.7 Å². The molecule has 4 rings (SSSR count). The summed E-state index contributed by atoms with van der Waals surface area (Å²) in [4.78, 5) is 24.8. The number of hydrogen-bond donors (Lipinski definition) is 1. The summed E-state index contributed by atoms with van der Waals surface area (Å²) in [5, 5.41) is 14.3. The molecule has 0 saturated heterocycles. The molecule has 0 aliphatic rings. The highest BCUT2D eigenvalue weighted by atomic mass is 16.4. The average Bonchev–Trinajstić information content (AvgIpc) is 3.36. The fourth-order valence-corrected chi connectivity index (χ4v) is 2.66. The highest BCUT2D eigenvalue weighted by molar-refractivity contribution is 6.10. The summed E-state index contributed by atoms with van der Waals surface area (Å²) in [5.74, 6) is -0.275. The van der Waals surface area contributed by atoms with E-state index in [0.717, 1.165) is 0 Å². The van der Waals surface area contributed by atoms with E-state index in [0.29, 0.717) is 22.4 Å². The number of carbonyl (C=O) groups is 2. The van der Waals surface area contributed by atoms with Crippen LogP contribution < -0.4 is 5.32 Å². The summed E-state index contributed by atoms with van der Waals surface area (Å²) in [6, 6.07) is 17.0. The molecular weight excluding hydrogens is 358 g/mol. The highest BCUT2D eigenvalue weighted by Gasteiger charge is 2.15. The molecule has 8 nitrogen and oxygen atoms in total. The normalized spacial score (nSPS) is 10.6. The van der Waals surface area contributed by atoms with Crippen LogP contribution in [0.25, 0.3) is 11.6 Å². The SMILES string of the molecule is Cn1nccc1-c1nnc(NC(=O)c2ccc(C(=O)c3ccccc3)cc2)o1. The van der Waals surface area contributed by atoms with Crippen molar-refractivity contribution < 1.29 is 14.0 Å². The van der Waals surface area contributed by atoms with Crippen LogP contribution >= 0.6 is 0 Å². The van der Waals surface area contributed by atoms with Gasteiger partial charge in [0.25, 0.3) is 11.8 Å². The maximum absolute atomic E-state index is 12.4. The number of anilines is 1. The van der Waals surface area contributed by atoms with E-state index in [1.807, 2.05) is 6.07 Å². The van der Waals surface area contributed by atoms with Crippen LogP contribution in [0.1, 0.15) is 26.3 Å². The van der Waals surface area contributed by atoms with E-state index in [4.69, 9.17) is 4.42 Å². The van der Waals surface area contributed by atoms with Crippen molar-refractivity contribution in [2.24, 2.45) is 7.05 Å². The first-order chi connectivity index (χ1) is 13.6. The molecule has 0 aliphatic heterocycles. The minimum Gasteiger partial charge on any atom is -0.401 e. The number of rotatable bonds is 5. The number of nitrogens with one attached hydrogen (secondary N) is 1. The zero-order chi connectivity index (χ0) is 19.5. The molecule has 4 aromatic rings. The third-order valence-corrected chi connectivity index (χ3v) is 4.13. The first-order valence-electron chi connectivity index (χ1n) is 8.45. The molecule has 28 heavy (non-hydrogen) atoms. The average molecular weight is 373 g/mol. The Morgan fingerprint density at radius 2 is 1.57 bits per heavy atom. The lowest BCUT2D eigenvalue weighted by atomic mass is 10.0. The second-order valence-corrected chi connectivity index (χ2v) is 5.98. The molecule has 0 fully saturated rings. The van der Waals surface area contributed by atoms with E-state index >= 15 is 0 Å². The van der Waals surface area contributed by atoms with Crippen molar-refractivity contribution in [2.45, 2.75) is 0 Å². The predicted molar refractivity (Wildman–Crippen MR) is 101 cm³/mol. The molecule has 2 heterocycles. The number of nitrogens with zero attached hydrogens (tertiary/aromatic N) is 4. The van der Waals surface area contributed by atoms with E-state index in [1.54, 1.807) is 72.5 Å². The van der Waals surface area contributed by atoms with Crippen LogP contribution in [0, 0.1) is 0 Å². The van der Waals surface area contributed by atoms with Gasteiger partial charge >= 0.3 is 6.01 Å². The number of aromatic nitrogens is 4. The first kappa shape index (κ1) is 17.3. The van der Waals surface area contributed by atoms with Crippen LogP contribution in [-0.2, 0) is 7.05 Å². The number of hydrogen-bond acceptors (Lipinski definition) is 6. The lowest BCUT2D eigenvalue weighted by Gasteiger charge is -2.04. The van der Waals surface area contributed by atoms with Crippen molar-refractivity contribution in [1.82, 2.24) is 20.0 Å². The van der Waals surface area contributed by atoms with Gasteiger partial charge in [0.05, 0.1) is 0 Å². The van der Waals surface area contributed by atoms with E-state index in [9.17, 15) is 9.59 Å². The van der Waals surface area contributed by atoms with Crippen molar-refractivity contribution in [2.75, 3.05) is 5.32 Å². The van der Waals surface area contributed by atoms with E-state index in [2.05, 4.69) is 20.6 Å². The molecule has 1 N–H and O–H groups in total. The number of aryl methyl sites for hydroxylation is 1. The molecule has 1 amide bonds. The summed E-state index contributed by atoms with van der Waals surface area (Å²) in [6.07, 6.45) is 1.61. The molecular formula is C20H15N5O3. The monoisotopic (exact) mass is 373 g/mol. The Hall–Kier alpha value is -4.07. The van der Waals surface area contributed by atoms with Crippen LogP contribution in [0.5, 0.6) is 0 Å². The zero-order valence-electron chi connectivity index (χ0n) is 14.9. The largest absolute Gasteiger partial charge is 0.401 e. The molecule has 0 aliphatic carbocycles. The summed E-state index contributed by atoms with van der Waals surface area (Å²) < 4.78 is 7.04. The molecule has 138 valence electrons. The van der Waals surface area contributed by atoms with Gasteiger partial charge in [0, 0.05) is 29.9 Å². The Bertz CT molecular complexity index is 1130. The van der Waals surface area contributed by atoms with E-state index < -0.39 is 5.91 Å². The first-order valence-corrected chi connectivity index (χ1v) is 8.45. The van der Waals surface area contributed by atoms with Gasteiger partial charge in [-0.15, -0.1) is 5.10 Å². The van der Waals surface area contributed by atoms with Crippen LogP contribution in [0.3, 0.4) is 0 Å². The fraction of sp³-hybridized carbons (Fsp3) is 0.0500. The van der Waals surface area contributed by atoms with Gasteiger partial charge in [-0.05, 0) is 18.2 Å². The topological polar surface area (TPSA) is 103 Å². The standard InChI is InChI=1S/C20H15N5O3/c1-25-16(11-12-21-25)19-23-24-20(28-19)22-18(27)15-9-7-14(8-10-15)17(26)13-5-3-2-4-6-13/h2-12H,1H3,(H,22,24,27). The molecule has 0 radical (unpaired) electrons. The van der Waals surface area contributed by atoms with E-state index in [1.165, 1.54) is 0 Å². The molecule has 8 heteroatoms. The molecule has 0 saturated carbocycles. The van der Waals surface area contributed by atoms with Crippen molar-refractivity contribution in [3.8, 4) is 11.6 Å².